The molecule has 4 heteroatoms. The Morgan fingerprint density at radius 3 is 2.63 bits per heavy atom. The van der Waals surface area contributed by atoms with Crippen molar-refractivity contribution in [1.82, 2.24) is 10.2 Å². The van der Waals surface area contributed by atoms with Gasteiger partial charge in [0.1, 0.15) is 5.75 Å². The van der Waals surface area contributed by atoms with Crippen LogP contribution in [0.4, 0.5) is 0 Å². The molecule has 0 fully saturated rings. The number of amides is 1. The quantitative estimate of drug-likeness (QED) is 0.821. The van der Waals surface area contributed by atoms with Crippen LogP contribution in [0.5, 0.6) is 5.75 Å². The van der Waals surface area contributed by atoms with Crippen molar-refractivity contribution in [1.29, 1.82) is 0 Å². The summed E-state index contributed by atoms with van der Waals surface area (Å²) < 4.78 is 5.57. The van der Waals surface area contributed by atoms with E-state index in [-0.39, 0.29) is 18.6 Å². The highest BCUT2D eigenvalue weighted by Gasteiger charge is 2.10. The van der Waals surface area contributed by atoms with E-state index in [0.717, 1.165) is 24.4 Å². The van der Waals surface area contributed by atoms with Crippen molar-refractivity contribution in [2.45, 2.75) is 26.8 Å². The van der Waals surface area contributed by atoms with Crippen molar-refractivity contribution < 1.29 is 9.53 Å². The molecule has 0 aromatic heterocycles. The second kappa shape index (κ2) is 7.79. The van der Waals surface area contributed by atoms with E-state index in [9.17, 15) is 4.79 Å². The highest BCUT2D eigenvalue weighted by molar-refractivity contribution is 5.77. The van der Waals surface area contributed by atoms with E-state index in [1.807, 2.05) is 45.2 Å². The molecule has 1 amide bonds. The van der Waals surface area contributed by atoms with Crippen molar-refractivity contribution in [2.24, 2.45) is 0 Å². The Bertz CT molecular complexity index is 403. The van der Waals surface area contributed by atoms with Gasteiger partial charge >= 0.3 is 0 Å². The summed E-state index contributed by atoms with van der Waals surface area (Å²) in [7, 11) is 1.92. The molecule has 0 aliphatic heterocycles. The van der Waals surface area contributed by atoms with Crippen LogP contribution >= 0.6 is 0 Å². The molecule has 1 atom stereocenters. The maximum absolute atomic E-state index is 11.8. The van der Waals surface area contributed by atoms with Gasteiger partial charge in [0, 0.05) is 19.1 Å². The second-order valence-electron chi connectivity index (χ2n) is 4.44. The average molecular weight is 264 g/mol. The Kier molecular flexibility index (Phi) is 6.36. The molecule has 1 aromatic rings. The normalized spacial score (nSPS) is 12.0. The molecule has 0 spiro atoms. The van der Waals surface area contributed by atoms with Gasteiger partial charge in [-0.3, -0.25) is 4.79 Å². The van der Waals surface area contributed by atoms with Gasteiger partial charge in [0.25, 0.3) is 5.91 Å². The minimum Gasteiger partial charge on any atom is -0.484 e. The van der Waals surface area contributed by atoms with Gasteiger partial charge in [-0.2, -0.15) is 0 Å². The minimum atomic E-state index is 0.0251. The molecule has 0 saturated carbocycles. The van der Waals surface area contributed by atoms with Crippen molar-refractivity contribution >= 4 is 5.91 Å². The van der Waals surface area contributed by atoms with Gasteiger partial charge in [-0.05, 0) is 45.5 Å². The summed E-state index contributed by atoms with van der Waals surface area (Å²) in [6.45, 7) is 7.55. The number of hydrogen-bond donors (Lipinski definition) is 1. The third-order valence-corrected chi connectivity index (χ3v) is 3.27. The number of nitrogens with one attached hydrogen (secondary N) is 1. The van der Waals surface area contributed by atoms with Gasteiger partial charge in [-0.1, -0.05) is 12.1 Å². The van der Waals surface area contributed by atoms with Crippen molar-refractivity contribution in [3.63, 3.8) is 0 Å². The van der Waals surface area contributed by atoms with Crippen LogP contribution < -0.4 is 10.1 Å². The Balaban J connectivity index is 2.60. The third kappa shape index (κ3) is 4.56. The maximum Gasteiger partial charge on any atom is 0.260 e. The number of hydrogen-bond acceptors (Lipinski definition) is 3. The summed E-state index contributed by atoms with van der Waals surface area (Å²) in [5.41, 5.74) is 1.15. The highest BCUT2D eigenvalue weighted by Crippen LogP contribution is 2.18. The molecule has 0 aliphatic carbocycles. The van der Waals surface area contributed by atoms with E-state index in [1.165, 1.54) is 0 Å². The smallest absolute Gasteiger partial charge is 0.260 e. The minimum absolute atomic E-state index is 0.0251. The molecule has 0 heterocycles. The van der Waals surface area contributed by atoms with E-state index in [4.69, 9.17) is 4.74 Å². The first-order chi connectivity index (χ1) is 9.12. The van der Waals surface area contributed by atoms with Crippen molar-refractivity contribution in [3.05, 3.63) is 29.8 Å². The van der Waals surface area contributed by atoms with Crippen LogP contribution in [0.1, 0.15) is 32.4 Å². The molecule has 1 aromatic carbocycles. The molecule has 0 aliphatic rings. The lowest BCUT2D eigenvalue weighted by Gasteiger charge is -2.19. The molecule has 19 heavy (non-hydrogen) atoms. The van der Waals surface area contributed by atoms with Gasteiger partial charge in [-0.25, -0.2) is 0 Å². The number of rotatable bonds is 7. The van der Waals surface area contributed by atoms with Gasteiger partial charge < -0.3 is 15.0 Å². The van der Waals surface area contributed by atoms with E-state index < -0.39 is 0 Å². The number of nitrogens with zero attached hydrogens (tertiary/aromatic N) is 1. The van der Waals surface area contributed by atoms with Gasteiger partial charge in [-0.15, -0.1) is 0 Å². The molecule has 0 saturated heterocycles. The summed E-state index contributed by atoms with van der Waals surface area (Å²) in [5, 5.41) is 3.18. The molecule has 1 rings (SSSR count). The van der Waals surface area contributed by atoms with Gasteiger partial charge in [0.05, 0.1) is 0 Å². The SMILES string of the molecule is CCN(CC)C(=O)COc1cccc(C(C)NC)c1. The van der Waals surface area contributed by atoms with Crippen LogP contribution in [0.15, 0.2) is 24.3 Å². The molecule has 0 bridgehead atoms. The van der Waals surface area contributed by atoms with Crippen LogP contribution in [-0.4, -0.2) is 37.6 Å². The zero-order chi connectivity index (χ0) is 14.3. The Labute approximate surface area is 115 Å². The van der Waals surface area contributed by atoms with E-state index in [2.05, 4.69) is 12.2 Å². The fraction of sp³-hybridized carbons (Fsp3) is 0.533. The van der Waals surface area contributed by atoms with Gasteiger partial charge in [0.2, 0.25) is 0 Å². The molecular weight excluding hydrogens is 240 g/mol. The number of carbonyl (C=O) groups is 1. The topological polar surface area (TPSA) is 41.6 Å². The lowest BCUT2D eigenvalue weighted by atomic mass is 10.1. The lowest BCUT2D eigenvalue weighted by molar-refractivity contribution is -0.132. The number of ether oxygens (including phenoxy) is 1. The average Bonchev–Trinajstić information content (AvgIpc) is 2.45. The fourth-order valence-corrected chi connectivity index (χ4v) is 1.85. The molecule has 1 N–H and O–H groups in total. The fourth-order valence-electron chi connectivity index (χ4n) is 1.85. The molecule has 0 radical (unpaired) electrons. The number of carbonyl (C=O) groups excluding carboxylic acids is 1. The van der Waals surface area contributed by atoms with Crippen LogP contribution in [0.3, 0.4) is 0 Å². The van der Waals surface area contributed by atoms with Gasteiger partial charge in [0.15, 0.2) is 6.61 Å². The Morgan fingerprint density at radius 1 is 1.37 bits per heavy atom. The van der Waals surface area contributed by atoms with E-state index in [0.29, 0.717) is 0 Å². The van der Waals surface area contributed by atoms with Crippen molar-refractivity contribution in [3.8, 4) is 5.75 Å². The molecular formula is C15H24N2O2. The zero-order valence-corrected chi connectivity index (χ0v) is 12.3. The van der Waals surface area contributed by atoms with Crippen LogP contribution in [-0.2, 0) is 4.79 Å². The van der Waals surface area contributed by atoms with Crippen LogP contribution in [0, 0.1) is 0 Å². The van der Waals surface area contributed by atoms with Crippen molar-refractivity contribution in [2.75, 3.05) is 26.7 Å². The zero-order valence-electron chi connectivity index (χ0n) is 12.3. The summed E-state index contributed by atoms with van der Waals surface area (Å²) in [5.74, 6) is 0.761. The first kappa shape index (κ1) is 15.5. The maximum atomic E-state index is 11.8. The Morgan fingerprint density at radius 2 is 2.05 bits per heavy atom. The highest BCUT2D eigenvalue weighted by atomic mass is 16.5. The predicted octanol–water partition coefficient (Wildman–Crippen LogP) is 2.21. The molecule has 106 valence electrons. The lowest BCUT2D eigenvalue weighted by Crippen LogP contribution is -2.34. The second-order valence-corrected chi connectivity index (χ2v) is 4.44. The Hall–Kier alpha value is -1.55. The number of benzene rings is 1. The third-order valence-electron chi connectivity index (χ3n) is 3.27. The largest absolute Gasteiger partial charge is 0.484 e. The van der Waals surface area contributed by atoms with E-state index >= 15 is 0 Å². The first-order valence-electron chi connectivity index (χ1n) is 6.80. The monoisotopic (exact) mass is 264 g/mol. The summed E-state index contributed by atoms with van der Waals surface area (Å²) in [4.78, 5) is 13.6. The predicted molar refractivity (Wildman–Crippen MR) is 77.3 cm³/mol. The molecule has 1 unspecified atom stereocenters. The molecule has 4 nitrogen and oxygen atoms in total. The number of likely N-dealkylation sites (N-methyl/N-ethyl adjacent to an activating group) is 1. The van der Waals surface area contributed by atoms with Crippen LogP contribution in [0.25, 0.3) is 0 Å². The summed E-state index contributed by atoms with van der Waals surface area (Å²) in [6.07, 6.45) is 0. The van der Waals surface area contributed by atoms with Crippen LogP contribution in [0.2, 0.25) is 0 Å². The first-order valence-corrected chi connectivity index (χ1v) is 6.80. The summed E-state index contributed by atoms with van der Waals surface area (Å²) >= 11 is 0. The summed E-state index contributed by atoms with van der Waals surface area (Å²) in [6, 6.07) is 8.10. The standard InChI is InChI=1S/C15H24N2O2/c1-5-17(6-2)15(18)11-19-14-9-7-8-13(10-14)12(3)16-4/h7-10,12,16H,5-6,11H2,1-4H3. The van der Waals surface area contributed by atoms with E-state index in [1.54, 1.807) is 4.90 Å².